The van der Waals surface area contributed by atoms with Crippen LogP contribution in [0.4, 0.5) is 0 Å². The molecule has 0 unspecified atom stereocenters. The number of hydrogen-bond acceptors (Lipinski definition) is 21. The number of nitrogens with zero attached hydrogens (tertiary/aromatic N) is 3. The number of carbonyl (C=O) groups excluding carboxylic acids is 14. The Balaban J connectivity index is 5.14. The summed E-state index contributed by atoms with van der Waals surface area (Å²) >= 11 is 3.52. The Hall–Kier alpha value is -5.34. The van der Waals surface area contributed by atoms with Gasteiger partial charge in [-0.1, -0.05) is 54.0 Å². The first-order valence-electron chi connectivity index (χ1n) is 26.0. The van der Waals surface area contributed by atoms with Crippen LogP contribution in [0.15, 0.2) is 0 Å². The maximum absolute atomic E-state index is 12.9. The van der Waals surface area contributed by atoms with E-state index in [1.165, 1.54) is 27.7 Å². The van der Waals surface area contributed by atoms with E-state index in [0.29, 0.717) is 32.7 Å². The van der Waals surface area contributed by atoms with Gasteiger partial charge in [0.05, 0.1) is 23.0 Å². The Kier molecular flexibility index (Phi) is 44.3. The normalized spacial score (nSPS) is 10.8. The molecule has 0 aromatic rings. The van der Waals surface area contributed by atoms with Crippen LogP contribution < -0.4 is 53.2 Å². The largest absolute Gasteiger partial charge is 0.355 e. The molecule has 0 aromatic heterocycles. The first-order chi connectivity index (χ1) is 37.6. The van der Waals surface area contributed by atoms with Crippen LogP contribution in [0.5, 0.6) is 0 Å². The smallest absolute Gasteiger partial charge is 0.230 e. The number of rotatable bonds is 45. The lowest BCUT2D eigenvalue weighted by Gasteiger charge is -2.23. The van der Waals surface area contributed by atoms with Crippen LogP contribution in [-0.2, 0) is 67.1 Å². The summed E-state index contributed by atoms with van der Waals surface area (Å²) in [5, 5.41) is 26.4. The monoisotopic (exact) mass is 1190 g/mol. The molecular weight excluding hydrogens is 1110 g/mol. The van der Waals surface area contributed by atoms with Gasteiger partial charge in [0, 0.05) is 184 Å². The van der Waals surface area contributed by atoms with Crippen LogP contribution in [-0.4, -0.2) is 242 Å². The predicted octanol–water partition coefficient (Wildman–Crippen LogP) is -3.47. The van der Waals surface area contributed by atoms with Crippen molar-refractivity contribution in [1.29, 1.82) is 0 Å². The van der Waals surface area contributed by atoms with Gasteiger partial charge in [-0.15, -0.1) is 0 Å². The zero-order valence-corrected chi connectivity index (χ0v) is 49.5. The van der Waals surface area contributed by atoms with Crippen molar-refractivity contribution in [3.05, 3.63) is 0 Å². The van der Waals surface area contributed by atoms with Crippen LogP contribution in [0, 0.1) is 0 Å². The Morgan fingerprint density at radius 1 is 0.253 bits per heavy atom. The molecule has 0 aliphatic rings. The lowest BCUT2D eigenvalue weighted by molar-refractivity contribution is -0.123. The summed E-state index contributed by atoms with van der Waals surface area (Å²) in [5.41, 5.74) is 0. The molecule has 0 bridgehead atoms. The highest BCUT2D eigenvalue weighted by molar-refractivity contribution is 8.14. The second-order valence-corrected chi connectivity index (χ2v) is 21.8. The Morgan fingerprint density at radius 3 is 0.620 bits per heavy atom. The van der Waals surface area contributed by atoms with E-state index in [0.717, 1.165) is 47.0 Å². The van der Waals surface area contributed by atoms with E-state index in [1.54, 1.807) is 0 Å². The highest BCUT2D eigenvalue weighted by Gasteiger charge is 2.16. The topological polar surface area (TPSA) is 369 Å². The lowest BCUT2D eigenvalue weighted by atomic mass is 10.3. The molecule has 0 rings (SSSR count). The van der Waals surface area contributed by atoms with Gasteiger partial charge in [-0.3, -0.25) is 67.1 Å². The van der Waals surface area contributed by atoms with Crippen molar-refractivity contribution >= 4 is 127 Å². The average molecular weight is 1190 g/mol. The van der Waals surface area contributed by atoms with Crippen molar-refractivity contribution < 1.29 is 67.1 Å². The van der Waals surface area contributed by atoms with E-state index in [-0.39, 0.29) is 233 Å². The van der Waals surface area contributed by atoms with Crippen molar-refractivity contribution in [3.8, 4) is 0 Å². The minimum absolute atomic E-state index is 0.0198. The summed E-state index contributed by atoms with van der Waals surface area (Å²) in [6, 6.07) is 0. The SMILES string of the molecule is CCN(CCC(=O)NCCN(CCC(=O)NCCNC(=O)CSC(C)=O)CCC(=O)NCCNC(=O)CSC(C)=O)CCC(=O)NCCN(CCC(=O)NCCNC(=O)CSC(C)=O)CCC(=O)NCCNC(=O)CSC(C)=O. The molecule has 0 fully saturated rings. The molecule has 0 heterocycles. The number of amides is 10. The second-order valence-electron chi connectivity index (χ2n) is 17.2. The molecule has 31 heteroatoms. The van der Waals surface area contributed by atoms with Crippen LogP contribution in [0.2, 0.25) is 0 Å². The molecule has 0 saturated carbocycles. The molecule has 0 spiro atoms. The molecule has 27 nitrogen and oxygen atoms in total. The van der Waals surface area contributed by atoms with E-state index in [1.807, 2.05) is 21.6 Å². The molecule has 10 N–H and O–H groups in total. The van der Waals surface area contributed by atoms with Crippen LogP contribution in [0.3, 0.4) is 0 Å². The summed E-state index contributed by atoms with van der Waals surface area (Å²) in [4.78, 5) is 174. The van der Waals surface area contributed by atoms with Gasteiger partial charge in [-0.2, -0.15) is 0 Å². The predicted molar refractivity (Wildman–Crippen MR) is 305 cm³/mol. The van der Waals surface area contributed by atoms with Gasteiger partial charge >= 0.3 is 0 Å². The lowest BCUT2D eigenvalue weighted by Crippen LogP contribution is -2.41. The second kappa shape index (κ2) is 47.5. The first-order valence-corrected chi connectivity index (χ1v) is 29.9. The number of hydrogen-bond donors (Lipinski definition) is 10. The first kappa shape index (κ1) is 73.7. The molecule has 0 aliphatic heterocycles. The standard InChI is InChI=1S/C48H83N13O14S4/c1-6-59(23-7-43(70)57-21-29-60(25-9-39(66)49-13-17-53-45(72)31-76-35(2)62)26-10-40(67)50-14-18-54-46(73)32-77-36(3)63)24-8-44(71)58-22-30-61(27-11-41(68)51-15-19-55-47(74)33-78-37(4)64)28-12-42(69)52-16-20-56-48(75)34-79-38(5)65/h6-34H2,1-5H3,(H,49,66)(H,50,67)(H,51,68)(H,52,69)(H,53,72)(H,54,73)(H,55,74)(H,56,75)(H,57,70)(H,58,71). The average Bonchev–Trinajstić information content (AvgIpc) is 3.39. The molecule has 0 aliphatic carbocycles. The summed E-state index contributed by atoms with van der Waals surface area (Å²) < 4.78 is 0. The number of nitrogens with one attached hydrogen (secondary N) is 10. The van der Waals surface area contributed by atoms with Crippen LogP contribution >= 0.6 is 47.0 Å². The highest BCUT2D eigenvalue weighted by Crippen LogP contribution is 2.03. The Bertz CT molecular complexity index is 1750. The molecule has 0 aromatic carbocycles. The number of carbonyl (C=O) groups is 14. The third-order valence-corrected chi connectivity index (χ3v) is 13.8. The van der Waals surface area contributed by atoms with E-state index >= 15 is 0 Å². The zero-order chi connectivity index (χ0) is 59.2. The van der Waals surface area contributed by atoms with Crippen molar-refractivity contribution in [1.82, 2.24) is 67.9 Å². The molecule has 448 valence electrons. The van der Waals surface area contributed by atoms with E-state index < -0.39 is 0 Å². The Morgan fingerprint density at radius 2 is 0.430 bits per heavy atom. The molecule has 79 heavy (non-hydrogen) atoms. The summed E-state index contributed by atoms with van der Waals surface area (Å²) in [5.74, 6) is -3.09. The van der Waals surface area contributed by atoms with Crippen molar-refractivity contribution in [2.75, 3.05) is 147 Å². The maximum Gasteiger partial charge on any atom is 0.230 e. The summed E-state index contributed by atoms with van der Waals surface area (Å²) in [6.45, 7) is 12.0. The van der Waals surface area contributed by atoms with Gasteiger partial charge in [0.15, 0.2) is 20.5 Å². The van der Waals surface area contributed by atoms with Gasteiger partial charge in [0.1, 0.15) is 0 Å². The minimum Gasteiger partial charge on any atom is -0.355 e. The third kappa shape index (κ3) is 48.3. The fourth-order valence-corrected chi connectivity index (χ4v) is 8.13. The quantitative estimate of drug-likeness (QED) is 0.0265. The summed E-state index contributed by atoms with van der Waals surface area (Å²) in [6.07, 6.45) is 0.522. The molecule has 10 amide bonds. The van der Waals surface area contributed by atoms with Gasteiger partial charge < -0.3 is 67.9 Å². The fraction of sp³-hybridized carbons (Fsp3) is 0.708. The maximum atomic E-state index is 12.9. The van der Waals surface area contributed by atoms with E-state index in [4.69, 9.17) is 0 Å². The minimum atomic E-state index is -0.335. The number of thioether (sulfide) groups is 4. The molecule has 0 radical (unpaired) electrons. The van der Waals surface area contributed by atoms with Gasteiger partial charge in [0.25, 0.3) is 0 Å². The molecule has 0 saturated heterocycles. The zero-order valence-electron chi connectivity index (χ0n) is 46.2. The molecule has 0 atom stereocenters. The highest BCUT2D eigenvalue weighted by atomic mass is 32.2. The van der Waals surface area contributed by atoms with Crippen molar-refractivity contribution in [2.45, 2.75) is 73.1 Å². The Labute approximate surface area is 479 Å². The van der Waals surface area contributed by atoms with Gasteiger partial charge in [-0.25, -0.2) is 0 Å². The third-order valence-electron chi connectivity index (χ3n) is 10.6. The van der Waals surface area contributed by atoms with Crippen molar-refractivity contribution in [3.63, 3.8) is 0 Å². The molecular formula is C48H83N13O14S4. The van der Waals surface area contributed by atoms with Crippen molar-refractivity contribution in [2.24, 2.45) is 0 Å². The van der Waals surface area contributed by atoms with Crippen LogP contribution in [0.1, 0.15) is 73.1 Å². The van der Waals surface area contributed by atoms with E-state index in [9.17, 15) is 67.1 Å². The fourth-order valence-electron chi connectivity index (χ4n) is 6.38. The van der Waals surface area contributed by atoms with Gasteiger partial charge in [-0.05, 0) is 6.54 Å². The summed E-state index contributed by atoms with van der Waals surface area (Å²) in [7, 11) is 0. The van der Waals surface area contributed by atoms with E-state index in [2.05, 4.69) is 53.2 Å². The van der Waals surface area contributed by atoms with Gasteiger partial charge in [0.2, 0.25) is 59.1 Å². The van der Waals surface area contributed by atoms with Crippen LogP contribution in [0.25, 0.3) is 0 Å².